The van der Waals surface area contributed by atoms with E-state index in [2.05, 4.69) is 21.1 Å². The molecule has 0 radical (unpaired) electrons. The number of aromatic nitrogens is 1. The van der Waals surface area contributed by atoms with Crippen LogP contribution in [-0.2, 0) is 4.74 Å². The van der Waals surface area contributed by atoms with Gasteiger partial charge in [-0.2, -0.15) is 0 Å². The van der Waals surface area contributed by atoms with Crippen molar-refractivity contribution < 1.29 is 4.74 Å². The fraction of sp³-hybridized carbons (Fsp3) is 0.417. The Balaban J connectivity index is 2.39. The van der Waals surface area contributed by atoms with Gasteiger partial charge in [0, 0.05) is 23.8 Å². The highest BCUT2D eigenvalue weighted by Gasteiger charge is 2.18. The van der Waals surface area contributed by atoms with Crippen molar-refractivity contribution in [3.63, 3.8) is 0 Å². The summed E-state index contributed by atoms with van der Waals surface area (Å²) in [6.07, 6.45) is 6.49. The highest BCUT2D eigenvalue weighted by Crippen LogP contribution is 2.37. The third-order valence-corrected chi connectivity index (χ3v) is 3.35. The van der Waals surface area contributed by atoms with Gasteiger partial charge in [-0.15, -0.1) is 0 Å². The van der Waals surface area contributed by atoms with Gasteiger partial charge in [-0.3, -0.25) is 4.98 Å². The van der Waals surface area contributed by atoms with Crippen molar-refractivity contribution in [2.24, 2.45) is 5.11 Å². The van der Waals surface area contributed by atoms with Crippen molar-refractivity contribution >= 4 is 23.0 Å². The molecular weight excluding hydrogens is 252 g/mol. The first-order valence-electron chi connectivity index (χ1n) is 5.68. The molecule has 0 spiro atoms. The van der Waals surface area contributed by atoms with Crippen LogP contribution in [0.3, 0.4) is 0 Å². The van der Waals surface area contributed by atoms with Crippen LogP contribution in [0.25, 0.3) is 16.0 Å². The summed E-state index contributed by atoms with van der Waals surface area (Å²) >= 11 is 6.17. The highest BCUT2D eigenvalue weighted by molar-refractivity contribution is 6.32. The summed E-state index contributed by atoms with van der Waals surface area (Å²) in [4.78, 5) is 6.85. The Kier molecular flexibility index (Phi) is 4.20. The van der Waals surface area contributed by atoms with Gasteiger partial charge in [-0.1, -0.05) is 17.7 Å². The number of methoxy groups -OCH3 is 1. The Labute approximate surface area is 110 Å². The van der Waals surface area contributed by atoms with E-state index in [0.717, 1.165) is 30.4 Å². The maximum Gasteiger partial charge on any atom is 0.135 e. The van der Waals surface area contributed by atoms with Crippen LogP contribution in [0.15, 0.2) is 23.5 Å². The minimum absolute atomic E-state index is 0.257. The van der Waals surface area contributed by atoms with E-state index < -0.39 is 0 Å². The summed E-state index contributed by atoms with van der Waals surface area (Å²) in [6.45, 7) is 0. The number of halogens is 1. The van der Waals surface area contributed by atoms with Crippen LogP contribution in [0.5, 0.6) is 0 Å². The molecule has 1 heterocycles. The first-order valence-corrected chi connectivity index (χ1v) is 6.06. The molecule has 0 bridgehead atoms. The maximum absolute atomic E-state index is 8.55. The Hall–Kier alpha value is -1.55. The molecule has 6 heteroatoms. The average molecular weight is 265 g/mol. The second-order valence-electron chi connectivity index (χ2n) is 4.04. The van der Waals surface area contributed by atoms with E-state index in [-0.39, 0.29) is 6.10 Å². The van der Waals surface area contributed by atoms with Crippen molar-refractivity contribution in [2.45, 2.75) is 25.4 Å². The highest BCUT2D eigenvalue weighted by atomic mass is 35.5. The number of azide groups is 1. The second-order valence-corrected chi connectivity index (χ2v) is 4.45. The van der Waals surface area contributed by atoms with E-state index in [4.69, 9.17) is 21.9 Å². The Bertz CT molecular complexity index is 523. The maximum atomic E-state index is 8.55. The van der Waals surface area contributed by atoms with Gasteiger partial charge in [0.05, 0.1) is 11.1 Å². The number of hydrogen-bond donors (Lipinski definition) is 0. The lowest BCUT2D eigenvalue weighted by molar-refractivity contribution is 0.0964. The average Bonchev–Trinajstić information content (AvgIpc) is 2.40. The number of pyridine rings is 1. The predicted molar refractivity (Wildman–Crippen MR) is 70.7 cm³/mol. The molecule has 1 aliphatic carbocycles. The summed E-state index contributed by atoms with van der Waals surface area (Å²) in [6, 6.07) is 1.70. The molecule has 0 N–H and O–H groups in total. The summed E-state index contributed by atoms with van der Waals surface area (Å²) in [5, 5.41) is 4.16. The second kappa shape index (κ2) is 5.87. The van der Waals surface area contributed by atoms with E-state index in [1.807, 2.05) is 0 Å². The normalized spacial score (nSPS) is 19.0. The number of ether oxygens (including phenoxy) is 1. The van der Waals surface area contributed by atoms with Crippen molar-refractivity contribution in [1.82, 2.24) is 4.98 Å². The first-order chi connectivity index (χ1) is 8.76. The Morgan fingerprint density at radius 1 is 1.61 bits per heavy atom. The van der Waals surface area contributed by atoms with Crippen LogP contribution in [-0.4, -0.2) is 18.2 Å². The molecule has 1 aliphatic rings. The molecule has 1 unspecified atom stereocenters. The number of hydrogen-bond acceptors (Lipinski definition) is 3. The van der Waals surface area contributed by atoms with Gasteiger partial charge in [0.25, 0.3) is 0 Å². The molecule has 0 aliphatic heterocycles. The summed E-state index contributed by atoms with van der Waals surface area (Å²) in [5.41, 5.74) is 10.4. The van der Waals surface area contributed by atoms with E-state index >= 15 is 0 Å². The van der Waals surface area contributed by atoms with Crippen molar-refractivity contribution in [2.75, 3.05) is 7.11 Å². The van der Waals surface area contributed by atoms with Gasteiger partial charge < -0.3 is 4.74 Å². The van der Waals surface area contributed by atoms with Crippen LogP contribution >= 0.6 is 11.6 Å². The zero-order valence-electron chi connectivity index (χ0n) is 10.0. The zero-order chi connectivity index (χ0) is 13.0. The summed E-state index contributed by atoms with van der Waals surface area (Å²) in [7, 11) is 1.71. The Morgan fingerprint density at radius 2 is 2.44 bits per heavy atom. The van der Waals surface area contributed by atoms with E-state index in [9.17, 15) is 0 Å². The van der Waals surface area contributed by atoms with Crippen molar-refractivity contribution in [3.8, 4) is 0 Å². The van der Waals surface area contributed by atoms with Gasteiger partial charge in [0.2, 0.25) is 0 Å². The van der Waals surface area contributed by atoms with Crippen LogP contribution in [0.1, 0.15) is 24.8 Å². The number of rotatable bonds is 3. The topological polar surface area (TPSA) is 70.9 Å². The summed E-state index contributed by atoms with van der Waals surface area (Å²) < 4.78 is 5.31. The van der Waals surface area contributed by atoms with Gasteiger partial charge in [-0.25, -0.2) is 0 Å². The van der Waals surface area contributed by atoms with Crippen LogP contribution in [0.4, 0.5) is 5.82 Å². The van der Waals surface area contributed by atoms with Gasteiger partial charge in [0.15, 0.2) is 0 Å². The number of nitrogens with zero attached hydrogens (tertiary/aromatic N) is 4. The third-order valence-electron chi connectivity index (χ3n) is 3.04. The fourth-order valence-corrected chi connectivity index (χ4v) is 2.36. The molecular formula is C12H13ClN4O. The molecule has 1 aromatic rings. The molecule has 0 aromatic carbocycles. The first kappa shape index (κ1) is 12.9. The molecule has 2 rings (SSSR count). The van der Waals surface area contributed by atoms with E-state index in [1.54, 1.807) is 13.2 Å². The van der Waals surface area contributed by atoms with Gasteiger partial charge in [0.1, 0.15) is 5.82 Å². The van der Waals surface area contributed by atoms with E-state index in [0.29, 0.717) is 10.8 Å². The lowest BCUT2D eigenvalue weighted by Crippen LogP contribution is -2.13. The lowest BCUT2D eigenvalue weighted by Gasteiger charge is -2.21. The molecule has 1 aromatic heterocycles. The smallest absolute Gasteiger partial charge is 0.135 e. The predicted octanol–water partition coefficient (Wildman–Crippen LogP) is 4.26. The third kappa shape index (κ3) is 2.64. The van der Waals surface area contributed by atoms with Crippen LogP contribution in [0, 0.1) is 0 Å². The van der Waals surface area contributed by atoms with Crippen molar-refractivity contribution in [3.05, 3.63) is 39.4 Å². The Morgan fingerprint density at radius 3 is 3.06 bits per heavy atom. The SMILES string of the molecule is COC1CC=C(c2c(Cl)ccnc2N=[N+]=[N-])CC1. The minimum atomic E-state index is 0.257. The lowest BCUT2D eigenvalue weighted by atomic mass is 9.92. The molecule has 0 saturated heterocycles. The monoisotopic (exact) mass is 264 g/mol. The molecule has 0 fully saturated rings. The zero-order valence-corrected chi connectivity index (χ0v) is 10.8. The molecule has 18 heavy (non-hydrogen) atoms. The molecule has 5 nitrogen and oxygen atoms in total. The molecule has 1 atom stereocenters. The summed E-state index contributed by atoms with van der Waals surface area (Å²) in [5.74, 6) is 0.340. The number of allylic oxidation sites excluding steroid dienone is 1. The van der Waals surface area contributed by atoms with Crippen LogP contribution < -0.4 is 0 Å². The molecule has 94 valence electrons. The standard InChI is InChI=1S/C12H13ClN4O/c1-18-9-4-2-8(3-5-9)11-10(13)6-7-15-12(11)16-17-14/h2,6-7,9H,3-5H2,1H3. The largest absolute Gasteiger partial charge is 0.381 e. The van der Waals surface area contributed by atoms with Crippen molar-refractivity contribution in [1.29, 1.82) is 0 Å². The minimum Gasteiger partial charge on any atom is -0.381 e. The molecule has 0 saturated carbocycles. The van der Waals surface area contributed by atoms with Crippen LogP contribution in [0.2, 0.25) is 5.02 Å². The van der Waals surface area contributed by atoms with E-state index in [1.165, 1.54) is 6.20 Å². The molecule has 0 amide bonds. The fourth-order valence-electron chi connectivity index (χ4n) is 2.09. The van der Waals surface area contributed by atoms with Gasteiger partial charge in [-0.05, 0) is 41.5 Å². The van der Waals surface area contributed by atoms with Gasteiger partial charge >= 0.3 is 0 Å². The quantitative estimate of drug-likeness (QED) is 0.465.